The second-order valence-corrected chi connectivity index (χ2v) is 4.64. The summed E-state index contributed by atoms with van der Waals surface area (Å²) in [6.45, 7) is 1.38. The zero-order valence-corrected chi connectivity index (χ0v) is 13.4. The minimum atomic E-state index is 0. The summed E-state index contributed by atoms with van der Waals surface area (Å²) in [6.07, 6.45) is 1.78. The van der Waals surface area contributed by atoms with Crippen LogP contribution in [0.4, 0.5) is 0 Å². The fourth-order valence-electron chi connectivity index (χ4n) is 1.91. The Labute approximate surface area is 135 Å². The van der Waals surface area contributed by atoms with Gasteiger partial charge in [-0.1, -0.05) is 17.7 Å². The van der Waals surface area contributed by atoms with Gasteiger partial charge in [-0.3, -0.25) is 4.98 Å². The molecule has 1 heterocycles. The normalized spacial score (nSPS) is 9.86. The van der Waals surface area contributed by atoms with Crippen LogP contribution in [-0.2, 0) is 13.1 Å². The molecule has 0 aliphatic carbocycles. The van der Waals surface area contributed by atoms with E-state index >= 15 is 0 Å². The quantitative estimate of drug-likeness (QED) is 0.814. The molecule has 0 radical (unpaired) electrons. The molecule has 0 saturated carbocycles. The minimum absolute atomic E-state index is 0. The van der Waals surface area contributed by atoms with Gasteiger partial charge in [-0.15, -0.1) is 0 Å². The molecule has 2 aromatic rings. The lowest BCUT2D eigenvalue weighted by molar-refractivity contribution is -0.00000463. The molecule has 0 saturated heterocycles. The van der Waals surface area contributed by atoms with E-state index in [4.69, 9.17) is 21.1 Å². The van der Waals surface area contributed by atoms with E-state index in [0.29, 0.717) is 29.6 Å². The van der Waals surface area contributed by atoms with Crippen molar-refractivity contribution in [1.82, 2.24) is 10.3 Å². The first-order valence-corrected chi connectivity index (χ1v) is 6.63. The monoisotopic (exact) mass is 327 g/mol. The molecule has 21 heavy (non-hydrogen) atoms. The summed E-state index contributed by atoms with van der Waals surface area (Å²) in [5.74, 6) is 1.19. The van der Waals surface area contributed by atoms with Crippen molar-refractivity contribution in [2.24, 2.45) is 0 Å². The average Bonchev–Trinajstić information content (AvgIpc) is 2.47. The van der Waals surface area contributed by atoms with E-state index in [1.165, 1.54) is 0 Å². The predicted molar refractivity (Wildman–Crippen MR) is 79.3 cm³/mol. The highest BCUT2D eigenvalue weighted by molar-refractivity contribution is 6.32. The molecule has 1 aromatic carbocycles. The summed E-state index contributed by atoms with van der Waals surface area (Å²) in [5.41, 5.74) is 2.03. The maximum absolute atomic E-state index is 6.16. The second-order valence-electron chi connectivity index (χ2n) is 4.24. The van der Waals surface area contributed by atoms with Crippen molar-refractivity contribution in [3.63, 3.8) is 0 Å². The summed E-state index contributed by atoms with van der Waals surface area (Å²) >= 11 is 6.16. The molecule has 0 fully saturated rings. The van der Waals surface area contributed by atoms with E-state index in [1.807, 2.05) is 30.3 Å². The molecule has 4 nitrogen and oxygen atoms in total. The molecule has 6 heteroatoms. The van der Waals surface area contributed by atoms with E-state index in [2.05, 4.69) is 10.3 Å². The molecular weight excluding hydrogens is 311 g/mol. The number of aromatic nitrogens is 1. The molecule has 1 aromatic heterocycles. The largest absolute Gasteiger partial charge is 1.00 e. The smallest absolute Gasteiger partial charge is 0.179 e. The van der Waals surface area contributed by atoms with Gasteiger partial charge in [0.15, 0.2) is 11.5 Å². The van der Waals surface area contributed by atoms with E-state index < -0.39 is 0 Å². The summed E-state index contributed by atoms with van der Waals surface area (Å²) in [6, 6.07) is 9.63. The fourth-order valence-corrected chi connectivity index (χ4v) is 2.22. The van der Waals surface area contributed by atoms with Crippen molar-refractivity contribution in [2.45, 2.75) is 13.1 Å². The topological polar surface area (TPSA) is 43.4 Å². The molecule has 0 spiro atoms. The molecule has 0 atom stereocenters. The Morgan fingerprint density at radius 2 is 1.95 bits per heavy atom. The van der Waals surface area contributed by atoms with Gasteiger partial charge in [0.05, 0.1) is 24.9 Å². The first-order valence-electron chi connectivity index (χ1n) is 6.25. The van der Waals surface area contributed by atoms with Crippen LogP contribution in [-0.4, -0.2) is 19.2 Å². The molecule has 0 aliphatic rings. The molecule has 114 valence electrons. The third-order valence-electron chi connectivity index (χ3n) is 2.85. The van der Waals surface area contributed by atoms with E-state index in [0.717, 1.165) is 11.3 Å². The number of nitrogens with one attached hydrogen (secondary N) is 1. The third kappa shape index (κ3) is 4.77. The number of hydrogen-bond acceptors (Lipinski definition) is 4. The Morgan fingerprint density at radius 1 is 1.14 bits per heavy atom. The van der Waals surface area contributed by atoms with Gasteiger partial charge in [0, 0.05) is 19.3 Å². The van der Waals surface area contributed by atoms with Crippen LogP contribution in [0.2, 0.25) is 5.02 Å². The van der Waals surface area contributed by atoms with Gasteiger partial charge in [0.25, 0.3) is 0 Å². The standard InChI is InChI=1S/C15H17ClN2O2.ClH/c1-19-14-8-11(7-13(16)15(14)20-2)9-17-10-12-5-3-4-6-18-12;/h3-8,17H,9-10H2,1-2H3;1H/p-1. The Kier molecular flexibility index (Phi) is 7.29. The van der Waals surface area contributed by atoms with Gasteiger partial charge >= 0.3 is 0 Å². The molecule has 0 bridgehead atoms. The van der Waals surface area contributed by atoms with E-state index in [9.17, 15) is 0 Å². The van der Waals surface area contributed by atoms with Gasteiger partial charge in [-0.25, -0.2) is 0 Å². The highest BCUT2D eigenvalue weighted by Gasteiger charge is 2.10. The Balaban J connectivity index is 0.00000220. The lowest BCUT2D eigenvalue weighted by atomic mass is 10.2. The van der Waals surface area contributed by atoms with Crippen LogP contribution in [0.1, 0.15) is 11.3 Å². The number of halogens is 2. The summed E-state index contributed by atoms with van der Waals surface area (Å²) in [5, 5.41) is 3.86. The van der Waals surface area contributed by atoms with Gasteiger partial charge in [0.1, 0.15) is 0 Å². The number of benzene rings is 1. The van der Waals surface area contributed by atoms with Crippen molar-refractivity contribution in [2.75, 3.05) is 14.2 Å². The van der Waals surface area contributed by atoms with Crippen LogP contribution < -0.4 is 27.2 Å². The fraction of sp³-hybridized carbons (Fsp3) is 0.267. The van der Waals surface area contributed by atoms with E-state index in [-0.39, 0.29) is 12.4 Å². The molecular formula is C15H17Cl2N2O2-. The van der Waals surface area contributed by atoms with Crippen molar-refractivity contribution in [3.05, 3.63) is 52.8 Å². The van der Waals surface area contributed by atoms with Crippen molar-refractivity contribution < 1.29 is 21.9 Å². The van der Waals surface area contributed by atoms with Crippen LogP contribution in [0.15, 0.2) is 36.5 Å². The molecule has 0 unspecified atom stereocenters. The van der Waals surface area contributed by atoms with Crippen molar-refractivity contribution in [1.29, 1.82) is 0 Å². The van der Waals surface area contributed by atoms with E-state index in [1.54, 1.807) is 20.4 Å². The van der Waals surface area contributed by atoms with Crippen LogP contribution in [0, 0.1) is 0 Å². The van der Waals surface area contributed by atoms with Crippen molar-refractivity contribution >= 4 is 11.6 Å². The number of ether oxygens (including phenoxy) is 2. The highest BCUT2D eigenvalue weighted by atomic mass is 35.5. The maximum atomic E-state index is 6.16. The van der Waals surface area contributed by atoms with Gasteiger partial charge in [0.2, 0.25) is 0 Å². The van der Waals surface area contributed by atoms with Crippen LogP contribution in [0.25, 0.3) is 0 Å². The Bertz CT molecular complexity index is 565. The lowest BCUT2D eigenvalue weighted by Gasteiger charge is -2.12. The maximum Gasteiger partial charge on any atom is 0.179 e. The number of hydrogen-bond donors (Lipinski definition) is 1. The number of rotatable bonds is 6. The molecule has 0 amide bonds. The first-order chi connectivity index (χ1) is 9.74. The highest BCUT2D eigenvalue weighted by Crippen LogP contribution is 2.35. The van der Waals surface area contributed by atoms with Crippen LogP contribution >= 0.6 is 11.6 Å². The van der Waals surface area contributed by atoms with Crippen molar-refractivity contribution in [3.8, 4) is 11.5 Å². The van der Waals surface area contributed by atoms with Crippen LogP contribution in [0.5, 0.6) is 11.5 Å². The minimum Gasteiger partial charge on any atom is -1.00 e. The Morgan fingerprint density at radius 3 is 2.57 bits per heavy atom. The second kappa shape index (κ2) is 8.72. The third-order valence-corrected chi connectivity index (χ3v) is 3.14. The zero-order chi connectivity index (χ0) is 14.4. The predicted octanol–water partition coefficient (Wildman–Crippen LogP) is 0.0460. The molecule has 2 rings (SSSR count). The zero-order valence-electron chi connectivity index (χ0n) is 11.9. The molecule has 0 aliphatic heterocycles. The number of nitrogens with zero attached hydrogens (tertiary/aromatic N) is 1. The molecule has 1 N–H and O–H groups in total. The van der Waals surface area contributed by atoms with Gasteiger partial charge < -0.3 is 27.2 Å². The first kappa shape index (κ1) is 17.6. The summed E-state index contributed by atoms with van der Waals surface area (Å²) in [4.78, 5) is 4.26. The number of methoxy groups -OCH3 is 2. The van der Waals surface area contributed by atoms with Gasteiger partial charge in [-0.05, 0) is 29.8 Å². The SMILES string of the molecule is COc1cc(CNCc2ccccn2)cc(Cl)c1OC.[Cl-]. The lowest BCUT2D eigenvalue weighted by Crippen LogP contribution is -3.00. The average molecular weight is 328 g/mol. The van der Waals surface area contributed by atoms with Gasteiger partial charge in [-0.2, -0.15) is 0 Å². The van der Waals surface area contributed by atoms with Crippen LogP contribution in [0.3, 0.4) is 0 Å². The summed E-state index contributed by atoms with van der Waals surface area (Å²) in [7, 11) is 3.17. The number of pyridine rings is 1. The summed E-state index contributed by atoms with van der Waals surface area (Å²) < 4.78 is 10.5. The Hall–Kier alpha value is -1.49.